The molecule has 15 heavy (non-hydrogen) atoms. The zero-order valence-electron chi connectivity index (χ0n) is 9.88. The van der Waals surface area contributed by atoms with E-state index in [1.54, 1.807) is 7.05 Å². The summed E-state index contributed by atoms with van der Waals surface area (Å²) in [5, 5.41) is 5.98. The van der Waals surface area contributed by atoms with Crippen molar-refractivity contribution in [1.29, 1.82) is 0 Å². The SMILES string of the molecule is CN[C@@H](C)C(=O)N[C@H](C)C1CCOCC1. The van der Waals surface area contributed by atoms with Crippen LogP contribution in [0.3, 0.4) is 0 Å². The lowest BCUT2D eigenvalue weighted by Gasteiger charge is -2.29. The molecule has 2 atom stereocenters. The minimum atomic E-state index is -0.118. The third-order valence-electron chi connectivity index (χ3n) is 3.17. The number of ether oxygens (including phenoxy) is 1. The van der Waals surface area contributed by atoms with Gasteiger partial charge in [0.1, 0.15) is 0 Å². The number of rotatable bonds is 4. The van der Waals surface area contributed by atoms with Crippen LogP contribution < -0.4 is 10.6 Å². The van der Waals surface area contributed by atoms with Crippen molar-refractivity contribution in [2.75, 3.05) is 20.3 Å². The van der Waals surface area contributed by atoms with E-state index in [1.165, 1.54) is 0 Å². The second-order valence-electron chi connectivity index (χ2n) is 4.26. The molecule has 1 fully saturated rings. The van der Waals surface area contributed by atoms with Crippen LogP contribution in [0.25, 0.3) is 0 Å². The number of carbonyl (C=O) groups excluding carboxylic acids is 1. The van der Waals surface area contributed by atoms with Gasteiger partial charge < -0.3 is 15.4 Å². The summed E-state index contributed by atoms with van der Waals surface area (Å²) in [4.78, 5) is 11.6. The van der Waals surface area contributed by atoms with Crippen LogP contribution in [0.1, 0.15) is 26.7 Å². The first-order valence-corrected chi connectivity index (χ1v) is 5.70. The van der Waals surface area contributed by atoms with Crippen molar-refractivity contribution in [2.24, 2.45) is 5.92 Å². The molecule has 0 unspecified atom stereocenters. The average molecular weight is 214 g/mol. The summed E-state index contributed by atoms with van der Waals surface area (Å²) in [6.45, 7) is 5.60. The normalized spacial score (nSPS) is 22.1. The summed E-state index contributed by atoms with van der Waals surface area (Å²) in [6, 6.07) is 0.129. The minimum Gasteiger partial charge on any atom is -0.381 e. The van der Waals surface area contributed by atoms with Crippen molar-refractivity contribution in [2.45, 2.75) is 38.8 Å². The smallest absolute Gasteiger partial charge is 0.237 e. The van der Waals surface area contributed by atoms with Gasteiger partial charge in [0.25, 0.3) is 0 Å². The number of carbonyl (C=O) groups is 1. The van der Waals surface area contributed by atoms with Gasteiger partial charge in [0.05, 0.1) is 6.04 Å². The molecule has 4 heteroatoms. The van der Waals surface area contributed by atoms with Crippen LogP contribution in [0.4, 0.5) is 0 Å². The number of hydrogen-bond donors (Lipinski definition) is 2. The molecule has 1 aliphatic heterocycles. The molecule has 1 saturated heterocycles. The van der Waals surface area contributed by atoms with Gasteiger partial charge >= 0.3 is 0 Å². The Kier molecular flexibility index (Phi) is 5.05. The Morgan fingerprint density at radius 1 is 1.33 bits per heavy atom. The van der Waals surface area contributed by atoms with E-state index in [-0.39, 0.29) is 18.0 Å². The summed E-state index contributed by atoms with van der Waals surface area (Å²) in [7, 11) is 1.80. The molecule has 1 aliphatic rings. The van der Waals surface area contributed by atoms with Crippen LogP contribution in [0.5, 0.6) is 0 Å². The summed E-state index contributed by atoms with van der Waals surface area (Å²) >= 11 is 0. The highest BCUT2D eigenvalue weighted by atomic mass is 16.5. The van der Waals surface area contributed by atoms with Crippen molar-refractivity contribution < 1.29 is 9.53 Å². The zero-order chi connectivity index (χ0) is 11.3. The zero-order valence-corrected chi connectivity index (χ0v) is 9.88. The second-order valence-corrected chi connectivity index (χ2v) is 4.26. The van der Waals surface area contributed by atoms with Gasteiger partial charge in [-0.2, -0.15) is 0 Å². The van der Waals surface area contributed by atoms with Gasteiger partial charge in [-0.25, -0.2) is 0 Å². The lowest BCUT2D eigenvalue weighted by molar-refractivity contribution is -0.123. The van der Waals surface area contributed by atoms with E-state index in [0.29, 0.717) is 5.92 Å². The van der Waals surface area contributed by atoms with Gasteiger partial charge in [0, 0.05) is 19.3 Å². The average Bonchev–Trinajstić information content (AvgIpc) is 2.29. The molecule has 4 nitrogen and oxygen atoms in total. The molecule has 0 aromatic carbocycles. The number of amides is 1. The number of likely N-dealkylation sites (N-methyl/N-ethyl adjacent to an activating group) is 1. The van der Waals surface area contributed by atoms with Crippen molar-refractivity contribution in [3.8, 4) is 0 Å². The highest BCUT2D eigenvalue weighted by Crippen LogP contribution is 2.18. The van der Waals surface area contributed by atoms with Gasteiger partial charge in [-0.15, -0.1) is 0 Å². The second kappa shape index (κ2) is 6.08. The highest BCUT2D eigenvalue weighted by Gasteiger charge is 2.22. The van der Waals surface area contributed by atoms with E-state index in [0.717, 1.165) is 26.1 Å². The maximum absolute atomic E-state index is 11.6. The molecule has 0 bridgehead atoms. The molecule has 0 aromatic heterocycles. The minimum absolute atomic E-state index is 0.0801. The molecule has 0 aliphatic carbocycles. The Bertz CT molecular complexity index is 203. The van der Waals surface area contributed by atoms with Crippen LogP contribution in [-0.2, 0) is 9.53 Å². The third kappa shape index (κ3) is 3.80. The summed E-state index contributed by atoms with van der Waals surface area (Å²) in [5.74, 6) is 0.642. The largest absolute Gasteiger partial charge is 0.381 e. The lowest BCUT2D eigenvalue weighted by atomic mass is 9.93. The van der Waals surface area contributed by atoms with Gasteiger partial charge in [-0.05, 0) is 39.7 Å². The van der Waals surface area contributed by atoms with E-state index in [1.807, 2.05) is 6.92 Å². The quantitative estimate of drug-likeness (QED) is 0.717. The van der Waals surface area contributed by atoms with Gasteiger partial charge in [0.2, 0.25) is 5.91 Å². The molecule has 1 rings (SSSR count). The molecule has 1 amide bonds. The Morgan fingerprint density at radius 3 is 2.47 bits per heavy atom. The number of hydrogen-bond acceptors (Lipinski definition) is 3. The first-order chi connectivity index (χ1) is 7.15. The van der Waals surface area contributed by atoms with Gasteiger partial charge in [-0.3, -0.25) is 4.79 Å². The number of nitrogens with one attached hydrogen (secondary N) is 2. The van der Waals surface area contributed by atoms with E-state index in [4.69, 9.17) is 4.74 Å². The fourth-order valence-electron chi connectivity index (χ4n) is 1.81. The first-order valence-electron chi connectivity index (χ1n) is 5.70. The molecule has 2 N–H and O–H groups in total. The maximum atomic E-state index is 11.6. The van der Waals surface area contributed by atoms with Crippen LogP contribution in [0.15, 0.2) is 0 Å². The molecule has 1 heterocycles. The molecule has 88 valence electrons. The van der Waals surface area contributed by atoms with Crippen LogP contribution >= 0.6 is 0 Å². The molecular formula is C11H22N2O2. The third-order valence-corrected chi connectivity index (χ3v) is 3.17. The van der Waals surface area contributed by atoms with Crippen LogP contribution in [0.2, 0.25) is 0 Å². The van der Waals surface area contributed by atoms with Crippen LogP contribution in [0, 0.1) is 5.92 Å². The summed E-state index contributed by atoms with van der Waals surface area (Å²) in [5.41, 5.74) is 0. The van der Waals surface area contributed by atoms with E-state index < -0.39 is 0 Å². The molecule has 0 spiro atoms. The predicted molar refractivity (Wildman–Crippen MR) is 59.7 cm³/mol. The molecule has 0 radical (unpaired) electrons. The predicted octanol–water partition coefficient (Wildman–Crippen LogP) is 0.526. The Balaban J connectivity index is 2.33. The van der Waals surface area contributed by atoms with Crippen molar-refractivity contribution in [1.82, 2.24) is 10.6 Å². The Morgan fingerprint density at radius 2 is 1.93 bits per heavy atom. The van der Waals surface area contributed by atoms with E-state index in [9.17, 15) is 4.79 Å². The fourth-order valence-corrected chi connectivity index (χ4v) is 1.81. The van der Waals surface area contributed by atoms with E-state index >= 15 is 0 Å². The fraction of sp³-hybridized carbons (Fsp3) is 0.909. The molecule has 0 saturated carbocycles. The van der Waals surface area contributed by atoms with Crippen molar-refractivity contribution >= 4 is 5.91 Å². The van der Waals surface area contributed by atoms with Crippen molar-refractivity contribution in [3.05, 3.63) is 0 Å². The van der Waals surface area contributed by atoms with Crippen molar-refractivity contribution in [3.63, 3.8) is 0 Å². The highest BCUT2D eigenvalue weighted by molar-refractivity contribution is 5.81. The standard InChI is InChI=1S/C11H22N2O2/c1-8(10-4-6-15-7-5-10)13-11(14)9(2)12-3/h8-10,12H,4-7H2,1-3H3,(H,13,14)/t8-,9+/m1/s1. The van der Waals surface area contributed by atoms with E-state index in [2.05, 4.69) is 17.6 Å². The van der Waals surface area contributed by atoms with Crippen LogP contribution in [-0.4, -0.2) is 38.3 Å². The molecular weight excluding hydrogens is 192 g/mol. The summed E-state index contributed by atoms with van der Waals surface area (Å²) < 4.78 is 5.30. The first kappa shape index (κ1) is 12.5. The Hall–Kier alpha value is -0.610. The Labute approximate surface area is 91.8 Å². The van der Waals surface area contributed by atoms with Gasteiger partial charge in [-0.1, -0.05) is 0 Å². The monoisotopic (exact) mass is 214 g/mol. The summed E-state index contributed by atoms with van der Waals surface area (Å²) in [6.07, 6.45) is 2.10. The topological polar surface area (TPSA) is 50.4 Å². The van der Waals surface area contributed by atoms with Gasteiger partial charge in [0.15, 0.2) is 0 Å². The maximum Gasteiger partial charge on any atom is 0.237 e. The molecule has 0 aromatic rings. The lowest BCUT2D eigenvalue weighted by Crippen LogP contribution is -2.47.